The summed E-state index contributed by atoms with van der Waals surface area (Å²) >= 11 is -2.02. The van der Waals surface area contributed by atoms with E-state index in [0.29, 0.717) is 36.1 Å². The van der Waals surface area contributed by atoms with E-state index in [9.17, 15) is 13.6 Å². The van der Waals surface area contributed by atoms with Gasteiger partial charge in [0, 0.05) is 47.9 Å². The number of anilines is 1. The van der Waals surface area contributed by atoms with Crippen LogP contribution < -0.4 is 10.2 Å². The van der Waals surface area contributed by atoms with Gasteiger partial charge in [0.05, 0.1) is 27.9 Å². The van der Waals surface area contributed by atoms with E-state index in [1.54, 1.807) is 41.4 Å². The second-order valence-corrected chi connectivity index (χ2v) is 18.0. The molecule has 3 saturated heterocycles. The summed E-state index contributed by atoms with van der Waals surface area (Å²) in [6.07, 6.45) is 6.72. The Morgan fingerprint density at radius 1 is 0.887 bits per heavy atom. The standard InChI is InChI=1S/C41H43N5O5S2/c1-44-34-24-42-39-36(37(34)41(40(44)47)22-31-16-17-32(23-41)43-31)35(29-8-4-2-5-9-29)38(46(39)53(50,51)33-10-6-3-7-11-33)30-14-12-27(13-15-30)25-45-20-18-28(19-21-45)26-52(48)49/h2-15,24,28,31-32,43H,16-23,25-26H2,1H3,(H,48,49)/p-1/t31-,32+,41?. The Balaban J connectivity index is 1.26. The first-order valence-electron chi connectivity index (χ1n) is 18.5. The average Bonchev–Trinajstić information content (AvgIpc) is 3.77. The monoisotopic (exact) mass is 748 g/mol. The number of likely N-dealkylation sites (N-methyl/N-ethyl adjacent to an activating group) is 1. The minimum absolute atomic E-state index is 0.0501. The number of piperidine rings is 2. The third-order valence-corrected chi connectivity index (χ3v) is 14.5. The Labute approximate surface area is 312 Å². The summed E-state index contributed by atoms with van der Waals surface area (Å²) < 4.78 is 53.9. The number of hydrogen-bond donors (Lipinski definition) is 1. The summed E-state index contributed by atoms with van der Waals surface area (Å²) in [5.74, 6) is 0.462. The molecule has 274 valence electrons. The van der Waals surface area contributed by atoms with Crippen molar-refractivity contribution in [3.63, 3.8) is 0 Å². The molecule has 0 saturated carbocycles. The number of carbonyl (C=O) groups excluding carboxylic acids is 1. The smallest absolute Gasteiger partial charge is 0.269 e. The van der Waals surface area contributed by atoms with Crippen LogP contribution in [-0.4, -0.2) is 74.9 Å². The van der Waals surface area contributed by atoms with Crippen molar-refractivity contribution in [1.29, 1.82) is 0 Å². The molecule has 0 aliphatic carbocycles. The zero-order valence-electron chi connectivity index (χ0n) is 29.6. The first kappa shape index (κ1) is 34.6. The quantitative estimate of drug-likeness (QED) is 0.197. The van der Waals surface area contributed by atoms with Crippen LogP contribution in [0.25, 0.3) is 33.4 Å². The van der Waals surface area contributed by atoms with Gasteiger partial charge >= 0.3 is 0 Å². The number of carbonyl (C=O) groups is 1. The van der Waals surface area contributed by atoms with Gasteiger partial charge in [-0.05, 0) is 86.4 Å². The Morgan fingerprint density at radius 2 is 1.53 bits per heavy atom. The van der Waals surface area contributed by atoms with Crippen molar-refractivity contribution < 1.29 is 22.0 Å². The van der Waals surface area contributed by atoms with Crippen molar-refractivity contribution in [2.75, 3.05) is 30.8 Å². The fraction of sp³-hybridized carbons (Fsp3) is 0.366. The predicted octanol–water partition coefficient (Wildman–Crippen LogP) is 5.83. The van der Waals surface area contributed by atoms with E-state index in [1.807, 2.05) is 49.5 Å². The molecule has 2 aromatic heterocycles. The van der Waals surface area contributed by atoms with Crippen molar-refractivity contribution in [3.05, 3.63) is 102 Å². The number of likely N-dealkylation sites (tertiary alicyclic amines) is 1. The lowest BCUT2D eigenvalue weighted by Crippen LogP contribution is -2.51. The van der Waals surface area contributed by atoms with Gasteiger partial charge in [0.2, 0.25) is 5.91 Å². The normalized spacial score (nSPS) is 24.0. The molecule has 4 aliphatic heterocycles. The van der Waals surface area contributed by atoms with Crippen molar-refractivity contribution >= 4 is 43.7 Å². The topological polar surface area (TPSA) is 128 Å². The maximum absolute atomic E-state index is 15.0. The summed E-state index contributed by atoms with van der Waals surface area (Å²) in [6, 6.07) is 26.9. The second-order valence-electron chi connectivity index (χ2n) is 15.3. The fourth-order valence-corrected chi connectivity index (χ4v) is 11.9. The third-order valence-electron chi connectivity index (χ3n) is 12.1. The van der Waals surface area contributed by atoms with Gasteiger partial charge in [0.1, 0.15) is 0 Å². The van der Waals surface area contributed by atoms with E-state index in [-0.39, 0.29) is 34.6 Å². The highest BCUT2D eigenvalue weighted by Gasteiger charge is 2.57. The van der Waals surface area contributed by atoms with Crippen LogP contribution in [0.15, 0.2) is 96.0 Å². The van der Waals surface area contributed by atoms with Crippen LogP contribution in [0, 0.1) is 5.92 Å². The van der Waals surface area contributed by atoms with E-state index in [2.05, 4.69) is 22.3 Å². The highest BCUT2D eigenvalue weighted by molar-refractivity contribution is 7.90. The van der Waals surface area contributed by atoms with Gasteiger partial charge in [-0.3, -0.25) is 13.9 Å². The van der Waals surface area contributed by atoms with Crippen molar-refractivity contribution in [2.24, 2.45) is 5.92 Å². The second kappa shape index (κ2) is 13.3. The molecule has 10 nitrogen and oxygen atoms in total. The van der Waals surface area contributed by atoms with Gasteiger partial charge in [-0.1, -0.05) is 83.9 Å². The van der Waals surface area contributed by atoms with Gasteiger partial charge in [-0.15, -0.1) is 0 Å². The SMILES string of the molecule is CN1C(=O)C2(C[C@H]3CC[C@@H](C2)N3)c2c1cnc1c2c(-c2ccccc2)c(-c2ccc(CN3CCC(CS(=O)[O-])CC3)cc2)n1S(=O)(=O)c1ccccc1. The van der Waals surface area contributed by atoms with Crippen LogP contribution in [0.1, 0.15) is 49.7 Å². The maximum Gasteiger partial charge on any atom is 0.269 e. The molecular weight excluding hydrogens is 707 g/mol. The van der Waals surface area contributed by atoms with Crippen LogP contribution >= 0.6 is 0 Å². The van der Waals surface area contributed by atoms with E-state index < -0.39 is 26.5 Å². The molecule has 4 atom stereocenters. The number of amides is 1. The van der Waals surface area contributed by atoms with E-state index in [4.69, 9.17) is 4.98 Å². The number of rotatable bonds is 8. The Bertz CT molecular complexity index is 2330. The van der Waals surface area contributed by atoms with Gasteiger partial charge in [0.25, 0.3) is 10.0 Å². The molecule has 9 rings (SSSR count). The lowest BCUT2D eigenvalue weighted by molar-refractivity contribution is -0.124. The number of fused-ring (bicyclic) bond motifs is 6. The Morgan fingerprint density at radius 3 is 2.17 bits per heavy atom. The minimum Gasteiger partial charge on any atom is -0.772 e. The highest BCUT2D eigenvalue weighted by Crippen LogP contribution is 2.56. The van der Waals surface area contributed by atoms with Crippen LogP contribution in [0.5, 0.6) is 0 Å². The van der Waals surface area contributed by atoms with Crippen LogP contribution in [0.4, 0.5) is 5.69 Å². The van der Waals surface area contributed by atoms with Gasteiger partial charge in [0.15, 0.2) is 5.65 Å². The molecule has 53 heavy (non-hydrogen) atoms. The van der Waals surface area contributed by atoms with Crippen LogP contribution in [0.2, 0.25) is 0 Å². The molecule has 3 aromatic carbocycles. The molecule has 1 amide bonds. The summed E-state index contributed by atoms with van der Waals surface area (Å²) in [5, 5.41) is 4.43. The molecule has 2 bridgehead atoms. The fourth-order valence-electron chi connectivity index (χ4n) is 9.62. The van der Waals surface area contributed by atoms with Gasteiger partial charge in [-0.25, -0.2) is 17.4 Å². The summed E-state index contributed by atoms with van der Waals surface area (Å²) in [7, 11) is -2.36. The molecule has 0 radical (unpaired) electrons. The van der Waals surface area contributed by atoms with Crippen LogP contribution in [-0.2, 0) is 37.9 Å². The molecule has 4 aliphatic rings. The minimum atomic E-state index is -4.18. The average molecular weight is 749 g/mol. The number of hydrogen-bond acceptors (Lipinski definition) is 8. The largest absolute Gasteiger partial charge is 0.772 e. The zero-order chi connectivity index (χ0) is 36.5. The number of aromatic nitrogens is 2. The molecule has 12 heteroatoms. The summed E-state index contributed by atoms with van der Waals surface area (Å²) in [4.78, 5) is 23.7. The molecule has 3 fully saturated rings. The number of benzene rings is 3. The lowest BCUT2D eigenvalue weighted by atomic mass is 9.70. The van der Waals surface area contributed by atoms with Gasteiger partial charge < -0.3 is 14.8 Å². The van der Waals surface area contributed by atoms with E-state index in [1.165, 1.54) is 3.97 Å². The zero-order valence-corrected chi connectivity index (χ0v) is 31.2. The predicted molar refractivity (Wildman–Crippen MR) is 206 cm³/mol. The third kappa shape index (κ3) is 5.77. The number of nitrogens with one attached hydrogen (secondary N) is 1. The van der Waals surface area contributed by atoms with Gasteiger partial charge in [-0.2, -0.15) is 0 Å². The van der Waals surface area contributed by atoms with Crippen LogP contribution in [0.3, 0.4) is 0 Å². The lowest BCUT2D eigenvalue weighted by Gasteiger charge is -2.37. The Kier molecular flexibility index (Phi) is 8.66. The van der Waals surface area contributed by atoms with E-state index in [0.717, 1.165) is 72.3 Å². The molecule has 1 spiro atoms. The summed E-state index contributed by atoms with van der Waals surface area (Å²) in [5.41, 5.74) is 5.08. The van der Waals surface area contributed by atoms with Crippen molar-refractivity contribution in [1.82, 2.24) is 19.2 Å². The molecular formula is C41H42N5O5S2-. The maximum atomic E-state index is 15.0. The molecule has 1 N–H and O–H groups in total. The first-order valence-corrected chi connectivity index (χ1v) is 21.2. The number of pyridine rings is 1. The molecule has 2 unspecified atom stereocenters. The Hall–Kier alpha value is -4.20. The van der Waals surface area contributed by atoms with Crippen molar-refractivity contribution in [3.8, 4) is 22.4 Å². The highest BCUT2D eigenvalue weighted by atomic mass is 32.2. The first-order chi connectivity index (χ1) is 25.6. The van der Waals surface area contributed by atoms with Crippen molar-refractivity contribution in [2.45, 2.75) is 67.5 Å². The molecule has 5 aromatic rings. The molecule has 6 heterocycles. The van der Waals surface area contributed by atoms with E-state index >= 15 is 8.42 Å². The number of nitrogens with zero attached hydrogens (tertiary/aromatic N) is 4. The summed E-state index contributed by atoms with van der Waals surface area (Å²) in [6.45, 7) is 2.37.